The van der Waals surface area contributed by atoms with E-state index in [1.54, 1.807) is 13.0 Å². The molecular formula is C11H13FN2O3S. The van der Waals surface area contributed by atoms with Crippen LogP contribution in [0.2, 0.25) is 0 Å². The highest BCUT2D eigenvalue weighted by Gasteiger charge is 2.15. The first-order valence-corrected chi connectivity index (χ1v) is 6.92. The summed E-state index contributed by atoms with van der Waals surface area (Å²) in [5, 5.41) is 8.76. The normalized spacial score (nSPS) is 10.9. The quantitative estimate of drug-likeness (QED) is 0.795. The molecule has 1 rings (SSSR count). The van der Waals surface area contributed by atoms with E-state index >= 15 is 0 Å². The third-order valence-electron chi connectivity index (χ3n) is 2.09. The number of nitriles is 1. The van der Waals surface area contributed by atoms with E-state index in [4.69, 9.17) is 10.00 Å². The van der Waals surface area contributed by atoms with Crippen LogP contribution < -0.4 is 4.72 Å². The van der Waals surface area contributed by atoms with E-state index in [0.717, 1.165) is 6.07 Å². The maximum Gasteiger partial charge on any atom is 0.235 e. The average molecular weight is 272 g/mol. The van der Waals surface area contributed by atoms with Crippen LogP contribution in [-0.4, -0.2) is 27.4 Å². The lowest BCUT2D eigenvalue weighted by molar-refractivity contribution is 0.163. The van der Waals surface area contributed by atoms with E-state index in [-0.39, 0.29) is 23.6 Å². The van der Waals surface area contributed by atoms with E-state index in [9.17, 15) is 12.8 Å². The SMILES string of the molecule is CCOCCS(=O)(=O)Nc1cccc(F)c1C#N. The summed E-state index contributed by atoms with van der Waals surface area (Å²) in [6, 6.07) is 5.38. The molecule has 0 aliphatic rings. The molecule has 0 radical (unpaired) electrons. The zero-order valence-electron chi connectivity index (χ0n) is 9.81. The van der Waals surface area contributed by atoms with Gasteiger partial charge >= 0.3 is 0 Å². The van der Waals surface area contributed by atoms with Crippen molar-refractivity contribution in [3.05, 3.63) is 29.6 Å². The van der Waals surface area contributed by atoms with Crippen molar-refractivity contribution < 1.29 is 17.5 Å². The highest BCUT2D eigenvalue weighted by Crippen LogP contribution is 2.18. The number of anilines is 1. The van der Waals surface area contributed by atoms with Crippen molar-refractivity contribution in [2.75, 3.05) is 23.7 Å². The minimum Gasteiger partial charge on any atom is -0.381 e. The van der Waals surface area contributed by atoms with Crippen molar-refractivity contribution in [1.29, 1.82) is 5.26 Å². The van der Waals surface area contributed by atoms with Crippen LogP contribution in [0.25, 0.3) is 0 Å². The summed E-state index contributed by atoms with van der Waals surface area (Å²) < 4.78 is 43.6. The Bertz CT molecular complexity index is 552. The molecule has 0 heterocycles. The molecule has 0 fully saturated rings. The Balaban J connectivity index is 2.85. The molecular weight excluding hydrogens is 259 g/mol. The Kier molecular flexibility index (Phi) is 5.07. The molecule has 1 aromatic carbocycles. The summed E-state index contributed by atoms with van der Waals surface area (Å²) in [7, 11) is -3.65. The molecule has 0 atom stereocenters. The lowest BCUT2D eigenvalue weighted by Crippen LogP contribution is -2.21. The van der Waals surface area contributed by atoms with Gasteiger partial charge in [-0.1, -0.05) is 6.07 Å². The number of ether oxygens (including phenoxy) is 1. The van der Waals surface area contributed by atoms with Gasteiger partial charge in [0.15, 0.2) is 0 Å². The number of halogens is 1. The van der Waals surface area contributed by atoms with Crippen LogP contribution in [0.1, 0.15) is 12.5 Å². The van der Waals surface area contributed by atoms with Gasteiger partial charge in [-0.05, 0) is 19.1 Å². The molecule has 0 bridgehead atoms. The van der Waals surface area contributed by atoms with E-state index in [2.05, 4.69) is 4.72 Å². The number of sulfonamides is 1. The van der Waals surface area contributed by atoms with Gasteiger partial charge < -0.3 is 4.74 Å². The summed E-state index contributed by atoms with van der Waals surface area (Å²) in [6.45, 7) is 2.21. The van der Waals surface area contributed by atoms with Gasteiger partial charge in [0.25, 0.3) is 0 Å². The molecule has 0 saturated heterocycles. The van der Waals surface area contributed by atoms with Crippen molar-refractivity contribution in [1.82, 2.24) is 0 Å². The third kappa shape index (κ3) is 3.98. The first-order chi connectivity index (χ1) is 8.50. The van der Waals surface area contributed by atoms with Crippen LogP contribution in [0.5, 0.6) is 0 Å². The molecule has 0 aliphatic carbocycles. The van der Waals surface area contributed by atoms with Crippen molar-refractivity contribution in [3.63, 3.8) is 0 Å². The predicted molar refractivity (Wildman–Crippen MR) is 65.0 cm³/mol. The Morgan fingerprint density at radius 1 is 1.50 bits per heavy atom. The van der Waals surface area contributed by atoms with Crippen molar-refractivity contribution in [2.45, 2.75) is 6.92 Å². The molecule has 5 nitrogen and oxygen atoms in total. The van der Waals surface area contributed by atoms with Crippen LogP contribution in [0.15, 0.2) is 18.2 Å². The van der Waals surface area contributed by atoms with Gasteiger partial charge in [-0.2, -0.15) is 5.26 Å². The Morgan fingerprint density at radius 2 is 2.22 bits per heavy atom. The third-order valence-corrected chi connectivity index (χ3v) is 3.33. The summed E-state index contributed by atoms with van der Waals surface area (Å²) >= 11 is 0. The summed E-state index contributed by atoms with van der Waals surface area (Å²) in [5.74, 6) is -1.01. The topological polar surface area (TPSA) is 79.2 Å². The molecule has 0 spiro atoms. The number of benzene rings is 1. The fourth-order valence-corrected chi connectivity index (χ4v) is 2.20. The number of rotatable bonds is 6. The number of nitrogens with zero attached hydrogens (tertiary/aromatic N) is 1. The summed E-state index contributed by atoms with van der Waals surface area (Å²) in [6.07, 6.45) is 0. The van der Waals surface area contributed by atoms with Gasteiger partial charge in [0.1, 0.15) is 17.4 Å². The predicted octanol–water partition coefficient (Wildman–Crippen LogP) is 1.48. The lowest BCUT2D eigenvalue weighted by atomic mass is 10.2. The molecule has 0 saturated carbocycles. The largest absolute Gasteiger partial charge is 0.381 e. The molecule has 0 amide bonds. The van der Waals surface area contributed by atoms with E-state index in [0.29, 0.717) is 6.61 Å². The highest BCUT2D eigenvalue weighted by atomic mass is 32.2. The van der Waals surface area contributed by atoms with Gasteiger partial charge in [-0.3, -0.25) is 4.72 Å². The molecule has 0 aromatic heterocycles. The lowest BCUT2D eigenvalue weighted by Gasteiger charge is -2.09. The maximum absolute atomic E-state index is 13.3. The number of nitrogens with one attached hydrogen (secondary N) is 1. The fraction of sp³-hybridized carbons (Fsp3) is 0.364. The van der Waals surface area contributed by atoms with Gasteiger partial charge in [-0.15, -0.1) is 0 Å². The van der Waals surface area contributed by atoms with Crippen molar-refractivity contribution in [3.8, 4) is 6.07 Å². The van der Waals surface area contributed by atoms with Crippen LogP contribution in [0.4, 0.5) is 10.1 Å². The Labute approximate surface area is 105 Å². The molecule has 1 aromatic rings. The van der Waals surface area contributed by atoms with Crippen LogP contribution in [0.3, 0.4) is 0 Å². The highest BCUT2D eigenvalue weighted by molar-refractivity contribution is 7.92. The fourth-order valence-electron chi connectivity index (χ4n) is 1.25. The minimum atomic E-state index is -3.65. The standard InChI is InChI=1S/C11H13FN2O3S/c1-2-17-6-7-18(15,16)14-11-5-3-4-10(12)9(11)8-13/h3-5,14H,2,6-7H2,1H3. The Morgan fingerprint density at radius 3 is 2.83 bits per heavy atom. The average Bonchev–Trinajstić information content (AvgIpc) is 2.29. The monoisotopic (exact) mass is 272 g/mol. The van der Waals surface area contributed by atoms with Gasteiger partial charge in [0.05, 0.1) is 18.0 Å². The number of hydrogen-bond acceptors (Lipinski definition) is 4. The molecule has 98 valence electrons. The van der Waals surface area contributed by atoms with E-state index in [1.807, 2.05) is 0 Å². The minimum absolute atomic E-state index is 0.0447. The second-order valence-corrected chi connectivity index (χ2v) is 5.23. The van der Waals surface area contributed by atoms with E-state index < -0.39 is 15.8 Å². The first kappa shape index (κ1) is 14.4. The second kappa shape index (κ2) is 6.33. The smallest absolute Gasteiger partial charge is 0.235 e. The van der Waals surface area contributed by atoms with Crippen LogP contribution >= 0.6 is 0 Å². The molecule has 18 heavy (non-hydrogen) atoms. The maximum atomic E-state index is 13.3. The van der Waals surface area contributed by atoms with Crippen molar-refractivity contribution in [2.24, 2.45) is 0 Å². The second-order valence-electron chi connectivity index (χ2n) is 3.39. The number of hydrogen-bond donors (Lipinski definition) is 1. The molecule has 0 unspecified atom stereocenters. The first-order valence-electron chi connectivity index (χ1n) is 5.27. The Hall–Kier alpha value is -1.65. The van der Waals surface area contributed by atoms with Gasteiger partial charge in [-0.25, -0.2) is 12.8 Å². The summed E-state index contributed by atoms with van der Waals surface area (Å²) in [4.78, 5) is 0. The zero-order valence-corrected chi connectivity index (χ0v) is 10.6. The van der Waals surface area contributed by atoms with E-state index in [1.165, 1.54) is 12.1 Å². The molecule has 0 aliphatic heterocycles. The van der Waals surface area contributed by atoms with Gasteiger partial charge in [0, 0.05) is 6.61 Å². The van der Waals surface area contributed by atoms with Crippen molar-refractivity contribution >= 4 is 15.7 Å². The van der Waals surface area contributed by atoms with Gasteiger partial charge in [0.2, 0.25) is 10.0 Å². The van der Waals surface area contributed by atoms with Crippen LogP contribution in [-0.2, 0) is 14.8 Å². The zero-order chi connectivity index (χ0) is 13.6. The summed E-state index contributed by atoms with van der Waals surface area (Å²) in [5.41, 5.74) is -0.383. The molecule has 1 N–H and O–H groups in total. The molecule has 7 heteroatoms. The van der Waals surface area contributed by atoms with Crippen LogP contribution in [0, 0.1) is 17.1 Å².